The minimum atomic E-state index is 0.559. The van der Waals surface area contributed by atoms with Crippen LogP contribution >= 0.6 is 11.3 Å². The fourth-order valence-electron chi connectivity index (χ4n) is 3.19. The molecule has 2 aromatic rings. The Morgan fingerprint density at radius 2 is 2.14 bits per heavy atom. The Morgan fingerprint density at radius 3 is 2.90 bits per heavy atom. The first kappa shape index (κ1) is 13.5. The lowest BCUT2D eigenvalue weighted by atomic mass is 9.78. The van der Waals surface area contributed by atoms with Gasteiger partial charge in [-0.1, -0.05) is 31.2 Å². The molecule has 1 N–H and O–H groups in total. The van der Waals surface area contributed by atoms with Crippen molar-refractivity contribution in [2.75, 3.05) is 6.54 Å². The number of hydrogen-bond donors (Lipinski definition) is 1. The number of aromatic nitrogens is 1. The van der Waals surface area contributed by atoms with Crippen LogP contribution in [0, 0.1) is 0 Å². The highest BCUT2D eigenvalue weighted by Gasteiger charge is 2.34. The van der Waals surface area contributed by atoms with E-state index in [1.807, 2.05) is 11.3 Å². The van der Waals surface area contributed by atoms with Gasteiger partial charge in [0.1, 0.15) is 5.01 Å². The third-order valence-electron chi connectivity index (χ3n) is 4.57. The van der Waals surface area contributed by atoms with Crippen molar-refractivity contribution < 1.29 is 0 Å². The second-order valence-electron chi connectivity index (χ2n) is 6.27. The van der Waals surface area contributed by atoms with Gasteiger partial charge in [0.15, 0.2) is 0 Å². The molecular formula is C18H22N2S. The number of nitrogens with one attached hydrogen (secondary N) is 1. The summed E-state index contributed by atoms with van der Waals surface area (Å²) in [4.78, 5) is 6.54. The number of nitrogens with zero attached hydrogens (tertiary/aromatic N) is 1. The quantitative estimate of drug-likeness (QED) is 0.808. The lowest BCUT2D eigenvalue weighted by molar-refractivity contribution is 0.674. The van der Waals surface area contributed by atoms with Gasteiger partial charge >= 0.3 is 0 Å². The van der Waals surface area contributed by atoms with Gasteiger partial charge < -0.3 is 5.32 Å². The molecule has 0 amide bonds. The Balaban J connectivity index is 1.58. The monoisotopic (exact) mass is 298 g/mol. The first-order valence-corrected chi connectivity index (χ1v) is 8.96. The van der Waals surface area contributed by atoms with Crippen LogP contribution in [0.1, 0.15) is 64.7 Å². The first-order chi connectivity index (χ1) is 10.4. The van der Waals surface area contributed by atoms with E-state index in [2.05, 4.69) is 36.5 Å². The third-order valence-corrected chi connectivity index (χ3v) is 5.76. The summed E-state index contributed by atoms with van der Waals surface area (Å²) in [6.45, 7) is 4.33. The molecule has 21 heavy (non-hydrogen) atoms. The summed E-state index contributed by atoms with van der Waals surface area (Å²) in [6, 6.07) is 8.83. The van der Waals surface area contributed by atoms with Gasteiger partial charge in [-0.25, -0.2) is 4.98 Å². The minimum absolute atomic E-state index is 0.559. The van der Waals surface area contributed by atoms with Crippen LogP contribution in [0.2, 0.25) is 0 Å². The van der Waals surface area contributed by atoms with Crippen molar-refractivity contribution in [3.63, 3.8) is 0 Å². The molecule has 0 aliphatic heterocycles. The summed E-state index contributed by atoms with van der Waals surface area (Å²) in [5.41, 5.74) is 4.42. The average Bonchev–Trinajstić information content (AvgIpc) is 3.23. The van der Waals surface area contributed by atoms with Gasteiger partial charge in [0.05, 0.1) is 5.69 Å². The summed E-state index contributed by atoms with van der Waals surface area (Å²) < 4.78 is 0. The maximum atomic E-state index is 5.05. The highest BCUT2D eigenvalue weighted by Crippen LogP contribution is 2.47. The van der Waals surface area contributed by atoms with Crippen LogP contribution in [-0.2, 0) is 13.0 Å². The number of hydrogen-bond acceptors (Lipinski definition) is 3. The van der Waals surface area contributed by atoms with Gasteiger partial charge in [-0.15, -0.1) is 11.3 Å². The Morgan fingerprint density at radius 1 is 1.29 bits per heavy atom. The highest BCUT2D eigenvalue weighted by atomic mass is 32.1. The molecule has 1 aromatic carbocycles. The topological polar surface area (TPSA) is 24.9 Å². The van der Waals surface area contributed by atoms with Crippen LogP contribution in [0.15, 0.2) is 24.3 Å². The Kier molecular flexibility index (Phi) is 3.56. The second-order valence-corrected chi connectivity index (χ2v) is 7.38. The zero-order chi connectivity index (χ0) is 14.2. The van der Waals surface area contributed by atoms with E-state index in [1.54, 1.807) is 0 Å². The SMILES string of the molecule is CCCNCc1sc(C2Cc3ccccc32)nc1C1CC1. The van der Waals surface area contributed by atoms with Crippen molar-refractivity contribution in [2.45, 2.75) is 51.0 Å². The Labute approximate surface area is 130 Å². The molecule has 0 bridgehead atoms. The molecule has 2 aliphatic carbocycles. The summed E-state index contributed by atoms with van der Waals surface area (Å²) in [7, 11) is 0. The lowest BCUT2D eigenvalue weighted by Crippen LogP contribution is -2.17. The van der Waals surface area contributed by atoms with Gasteiger partial charge in [0, 0.05) is 23.3 Å². The molecule has 1 aromatic heterocycles. The second kappa shape index (κ2) is 5.54. The molecule has 3 heteroatoms. The molecule has 1 saturated carbocycles. The standard InChI is InChI=1S/C18H22N2S/c1-2-9-19-11-16-17(12-7-8-12)20-18(21-16)15-10-13-5-3-4-6-14(13)15/h3-6,12,15,19H,2,7-11H2,1H3. The van der Waals surface area contributed by atoms with Crippen molar-refractivity contribution >= 4 is 11.3 Å². The van der Waals surface area contributed by atoms with E-state index < -0.39 is 0 Å². The fourth-order valence-corrected chi connectivity index (χ4v) is 4.43. The molecule has 1 fully saturated rings. The van der Waals surface area contributed by atoms with Gasteiger partial charge in [0.25, 0.3) is 0 Å². The van der Waals surface area contributed by atoms with Gasteiger partial charge in [0.2, 0.25) is 0 Å². The molecular weight excluding hydrogens is 276 g/mol. The molecule has 1 heterocycles. The molecule has 1 unspecified atom stereocenters. The summed E-state index contributed by atoms with van der Waals surface area (Å²) in [5.74, 6) is 1.31. The van der Waals surface area contributed by atoms with E-state index in [1.165, 1.54) is 52.4 Å². The maximum Gasteiger partial charge on any atom is 0.101 e. The summed E-state index contributed by atoms with van der Waals surface area (Å²) >= 11 is 1.95. The normalized spacial score (nSPS) is 20.1. The third kappa shape index (κ3) is 2.53. The van der Waals surface area contributed by atoms with Gasteiger partial charge in [-0.2, -0.15) is 0 Å². The van der Waals surface area contributed by atoms with Crippen molar-refractivity contribution in [3.8, 4) is 0 Å². The van der Waals surface area contributed by atoms with Crippen molar-refractivity contribution in [2.24, 2.45) is 0 Å². The molecule has 0 radical (unpaired) electrons. The van der Waals surface area contributed by atoms with Crippen LogP contribution in [0.25, 0.3) is 0 Å². The molecule has 110 valence electrons. The van der Waals surface area contributed by atoms with E-state index in [9.17, 15) is 0 Å². The van der Waals surface area contributed by atoms with E-state index >= 15 is 0 Å². The predicted molar refractivity (Wildman–Crippen MR) is 88.1 cm³/mol. The predicted octanol–water partition coefficient (Wildman–Crippen LogP) is 4.21. The molecule has 2 nitrogen and oxygen atoms in total. The maximum absolute atomic E-state index is 5.05. The van der Waals surface area contributed by atoms with E-state index in [-0.39, 0.29) is 0 Å². The number of benzene rings is 1. The van der Waals surface area contributed by atoms with Crippen LogP contribution in [0.5, 0.6) is 0 Å². The Bertz CT molecular complexity index is 642. The highest BCUT2D eigenvalue weighted by molar-refractivity contribution is 7.11. The van der Waals surface area contributed by atoms with E-state index in [4.69, 9.17) is 4.98 Å². The Hall–Kier alpha value is -1.19. The van der Waals surface area contributed by atoms with Gasteiger partial charge in [-0.3, -0.25) is 0 Å². The number of fused-ring (bicyclic) bond motifs is 1. The zero-order valence-corrected chi connectivity index (χ0v) is 13.4. The molecule has 2 aliphatic rings. The van der Waals surface area contributed by atoms with Crippen molar-refractivity contribution in [1.82, 2.24) is 10.3 Å². The fraction of sp³-hybridized carbons (Fsp3) is 0.500. The largest absolute Gasteiger partial charge is 0.312 e. The zero-order valence-electron chi connectivity index (χ0n) is 12.6. The molecule has 1 atom stereocenters. The summed E-state index contributed by atoms with van der Waals surface area (Å²) in [5, 5.41) is 4.90. The summed E-state index contributed by atoms with van der Waals surface area (Å²) in [6.07, 6.45) is 5.05. The van der Waals surface area contributed by atoms with Crippen LogP contribution in [-0.4, -0.2) is 11.5 Å². The van der Waals surface area contributed by atoms with E-state index in [0.29, 0.717) is 5.92 Å². The first-order valence-electron chi connectivity index (χ1n) is 8.14. The van der Waals surface area contributed by atoms with Crippen LogP contribution in [0.3, 0.4) is 0 Å². The van der Waals surface area contributed by atoms with Crippen molar-refractivity contribution in [1.29, 1.82) is 0 Å². The van der Waals surface area contributed by atoms with Crippen LogP contribution in [0.4, 0.5) is 0 Å². The molecule has 0 spiro atoms. The molecule has 4 rings (SSSR count). The average molecular weight is 298 g/mol. The number of rotatable bonds is 6. The van der Waals surface area contributed by atoms with Crippen molar-refractivity contribution in [3.05, 3.63) is 51.0 Å². The van der Waals surface area contributed by atoms with E-state index in [0.717, 1.165) is 19.0 Å². The molecule has 0 saturated heterocycles. The lowest BCUT2D eigenvalue weighted by Gasteiger charge is -2.28. The smallest absolute Gasteiger partial charge is 0.101 e. The minimum Gasteiger partial charge on any atom is -0.312 e. The van der Waals surface area contributed by atoms with Crippen LogP contribution < -0.4 is 5.32 Å². The van der Waals surface area contributed by atoms with Gasteiger partial charge in [-0.05, 0) is 43.4 Å². The number of thiazole rings is 1.